The Morgan fingerprint density at radius 3 is 2.86 bits per heavy atom. The second-order valence-electron chi connectivity index (χ2n) is 4.65. The summed E-state index contributed by atoms with van der Waals surface area (Å²) in [6.45, 7) is 4.02. The van der Waals surface area contributed by atoms with Gasteiger partial charge in [-0.25, -0.2) is 0 Å². The molecule has 0 aromatic heterocycles. The largest absolute Gasteiger partial charge is 0.486 e. The van der Waals surface area contributed by atoms with Crippen molar-refractivity contribution in [1.29, 1.82) is 0 Å². The number of nitrogens with one attached hydrogen (secondary N) is 1. The Morgan fingerprint density at radius 2 is 2.14 bits per heavy atom. The van der Waals surface area contributed by atoms with E-state index in [-0.39, 0.29) is 12.0 Å². The van der Waals surface area contributed by atoms with Gasteiger partial charge in [0.05, 0.1) is 7.11 Å². The van der Waals surface area contributed by atoms with E-state index in [1.807, 2.05) is 18.2 Å². The summed E-state index contributed by atoms with van der Waals surface area (Å²) in [5, 5.41) is 3.20. The average Bonchev–Trinajstić information content (AvgIpc) is 2.54. The van der Waals surface area contributed by atoms with Gasteiger partial charge in [0, 0.05) is 10.6 Å². The summed E-state index contributed by atoms with van der Waals surface area (Å²) in [7, 11) is 1.41. The van der Waals surface area contributed by atoms with Crippen LogP contribution in [0, 0.1) is 0 Å². The minimum absolute atomic E-state index is 0.228. The van der Waals surface area contributed by atoms with Crippen LogP contribution in [0.25, 0.3) is 0 Å². The molecule has 0 saturated heterocycles. The lowest BCUT2D eigenvalue weighted by molar-refractivity contribution is -0.142. The molecule has 21 heavy (non-hydrogen) atoms. The molecular formula is C15H21NO4S. The molecule has 1 aromatic carbocycles. The molecule has 6 heteroatoms. The third-order valence-electron chi connectivity index (χ3n) is 3.06. The first-order valence-corrected chi connectivity index (χ1v) is 8.06. The van der Waals surface area contributed by atoms with Gasteiger partial charge in [0.15, 0.2) is 11.5 Å². The lowest BCUT2D eigenvalue weighted by atomic mass is 10.3. The average molecular weight is 311 g/mol. The molecule has 0 fully saturated rings. The van der Waals surface area contributed by atoms with E-state index < -0.39 is 0 Å². The molecule has 2 rings (SSSR count). The lowest BCUT2D eigenvalue weighted by Gasteiger charge is -2.19. The molecule has 1 heterocycles. The minimum Gasteiger partial charge on any atom is -0.486 e. The molecule has 1 aromatic rings. The molecule has 1 aliphatic heterocycles. The summed E-state index contributed by atoms with van der Waals surface area (Å²) in [6.07, 6.45) is 0.974. The van der Waals surface area contributed by atoms with Crippen LogP contribution in [-0.4, -0.2) is 44.6 Å². The van der Waals surface area contributed by atoms with E-state index in [4.69, 9.17) is 14.2 Å². The monoisotopic (exact) mass is 311 g/mol. The summed E-state index contributed by atoms with van der Waals surface area (Å²) in [4.78, 5) is 12.8. The second-order valence-corrected chi connectivity index (χ2v) is 5.74. The molecule has 1 atom stereocenters. The number of benzene rings is 1. The topological polar surface area (TPSA) is 56.8 Å². The third-order valence-corrected chi connectivity index (χ3v) is 4.14. The predicted molar refractivity (Wildman–Crippen MR) is 82.3 cm³/mol. The smallest absolute Gasteiger partial charge is 0.323 e. The summed E-state index contributed by atoms with van der Waals surface area (Å²) in [6, 6.07) is 5.54. The molecule has 0 saturated carbocycles. The first-order chi connectivity index (χ1) is 10.2. The number of hydrogen-bond donors (Lipinski definition) is 1. The maximum atomic E-state index is 11.7. The number of carbonyl (C=O) groups is 1. The Bertz CT molecular complexity index is 481. The number of carbonyl (C=O) groups excluding carboxylic acids is 1. The van der Waals surface area contributed by atoms with Crippen molar-refractivity contribution < 1.29 is 19.0 Å². The van der Waals surface area contributed by atoms with E-state index in [0.717, 1.165) is 29.4 Å². The highest BCUT2D eigenvalue weighted by molar-refractivity contribution is 7.99. The van der Waals surface area contributed by atoms with Gasteiger partial charge in [-0.3, -0.25) is 4.79 Å². The highest BCUT2D eigenvalue weighted by Gasteiger charge is 2.19. The van der Waals surface area contributed by atoms with E-state index in [2.05, 4.69) is 12.2 Å². The van der Waals surface area contributed by atoms with Crippen molar-refractivity contribution >= 4 is 17.7 Å². The normalized spacial score (nSPS) is 14.6. The molecule has 0 spiro atoms. The van der Waals surface area contributed by atoms with Gasteiger partial charge in [-0.05, 0) is 31.2 Å². The first-order valence-electron chi connectivity index (χ1n) is 7.08. The maximum absolute atomic E-state index is 11.7. The van der Waals surface area contributed by atoms with Crippen LogP contribution in [0.3, 0.4) is 0 Å². The fraction of sp³-hybridized carbons (Fsp3) is 0.533. The number of ether oxygens (including phenoxy) is 3. The summed E-state index contributed by atoms with van der Waals surface area (Å²) < 4.78 is 15.9. The van der Waals surface area contributed by atoms with Crippen LogP contribution in [-0.2, 0) is 9.53 Å². The van der Waals surface area contributed by atoms with Crippen molar-refractivity contribution in [2.24, 2.45) is 0 Å². The summed E-state index contributed by atoms with van der Waals surface area (Å²) in [5.41, 5.74) is 0. The van der Waals surface area contributed by atoms with Crippen LogP contribution in [0.1, 0.15) is 13.3 Å². The Hall–Kier alpha value is -1.40. The highest BCUT2D eigenvalue weighted by Crippen LogP contribution is 2.34. The van der Waals surface area contributed by atoms with Gasteiger partial charge in [0.1, 0.15) is 19.3 Å². The quantitative estimate of drug-likeness (QED) is 0.615. The number of methoxy groups -OCH3 is 1. The van der Waals surface area contributed by atoms with Crippen LogP contribution in [0.15, 0.2) is 23.1 Å². The maximum Gasteiger partial charge on any atom is 0.323 e. The number of esters is 1. The van der Waals surface area contributed by atoms with Crippen molar-refractivity contribution in [2.45, 2.75) is 24.3 Å². The molecule has 0 amide bonds. The van der Waals surface area contributed by atoms with Crippen LogP contribution >= 0.6 is 11.8 Å². The third kappa shape index (κ3) is 4.54. The van der Waals surface area contributed by atoms with Crippen molar-refractivity contribution in [2.75, 3.05) is 32.6 Å². The van der Waals surface area contributed by atoms with Crippen LogP contribution in [0.2, 0.25) is 0 Å². The minimum atomic E-state index is -0.298. The molecule has 0 radical (unpaired) electrons. The SMILES string of the molecule is CCCNC(CSc1ccc2c(c1)OCCO2)C(=O)OC. The van der Waals surface area contributed by atoms with Crippen LogP contribution in [0.4, 0.5) is 0 Å². The van der Waals surface area contributed by atoms with Crippen LogP contribution < -0.4 is 14.8 Å². The molecule has 1 unspecified atom stereocenters. The Labute approximate surface area is 129 Å². The van der Waals surface area contributed by atoms with E-state index in [1.165, 1.54) is 7.11 Å². The highest BCUT2D eigenvalue weighted by atomic mass is 32.2. The van der Waals surface area contributed by atoms with Gasteiger partial charge < -0.3 is 19.5 Å². The zero-order valence-corrected chi connectivity index (χ0v) is 13.2. The van der Waals surface area contributed by atoms with Gasteiger partial charge in [-0.2, -0.15) is 0 Å². The van der Waals surface area contributed by atoms with Gasteiger partial charge in [0.25, 0.3) is 0 Å². The predicted octanol–water partition coefficient (Wildman–Crippen LogP) is 2.09. The van der Waals surface area contributed by atoms with E-state index in [9.17, 15) is 4.79 Å². The van der Waals surface area contributed by atoms with E-state index >= 15 is 0 Å². The van der Waals surface area contributed by atoms with Gasteiger partial charge in [-0.15, -0.1) is 11.8 Å². The lowest BCUT2D eigenvalue weighted by Crippen LogP contribution is -2.40. The number of hydrogen-bond acceptors (Lipinski definition) is 6. The molecule has 1 aliphatic rings. The second kappa shape index (κ2) is 8.14. The van der Waals surface area contributed by atoms with Crippen molar-refractivity contribution in [3.05, 3.63) is 18.2 Å². The number of thioether (sulfide) groups is 1. The molecule has 116 valence electrons. The first kappa shape index (κ1) is 16.0. The molecular weight excluding hydrogens is 290 g/mol. The number of rotatable bonds is 7. The summed E-state index contributed by atoms with van der Waals surface area (Å²) in [5.74, 6) is 1.93. The van der Waals surface area contributed by atoms with Gasteiger partial charge in [0.2, 0.25) is 0 Å². The van der Waals surface area contributed by atoms with Crippen LogP contribution in [0.5, 0.6) is 11.5 Å². The van der Waals surface area contributed by atoms with Crippen molar-refractivity contribution in [1.82, 2.24) is 5.32 Å². The Balaban J connectivity index is 1.94. The van der Waals surface area contributed by atoms with Gasteiger partial charge >= 0.3 is 5.97 Å². The summed E-state index contributed by atoms with van der Waals surface area (Å²) >= 11 is 1.60. The molecule has 0 bridgehead atoms. The Kier molecular flexibility index (Phi) is 6.20. The van der Waals surface area contributed by atoms with Gasteiger partial charge in [-0.1, -0.05) is 6.92 Å². The Morgan fingerprint density at radius 1 is 1.38 bits per heavy atom. The van der Waals surface area contributed by atoms with E-state index in [1.54, 1.807) is 11.8 Å². The number of fused-ring (bicyclic) bond motifs is 1. The van der Waals surface area contributed by atoms with Crippen molar-refractivity contribution in [3.8, 4) is 11.5 Å². The standard InChI is InChI=1S/C15H21NO4S/c1-3-6-16-12(15(17)18-2)10-21-11-4-5-13-14(9-11)20-8-7-19-13/h4-5,9,12,16H,3,6-8,10H2,1-2H3. The fourth-order valence-electron chi connectivity index (χ4n) is 1.96. The molecule has 5 nitrogen and oxygen atoms in total. The molecule has 0 aliphatic carbocycles. The fourth-order valence-corrected chi connectivity index (χ4v) is 2.93. The van der Waals surface area contributed by atoms with E-state index in [0.29, 0.717) is 19.0 Å². The zero-order valence-electron chi connectivity index (χ0n) is 12.4. The van der Waals surface area contributed by atoms with Crippen molar-refractivity contribution in [3.63, 3.8) is 0 Å². The zero-order chi connectivity index (χ0) is 15.1. The molecule has 1 N–H and O–H groups in total.